The Morgan fingerprint density at radius 1 is 1.29 bits per heavy atom. The first-order valence-corrected chi connectivity index (χ1v) is 8.20. The molecule has 1 atom stereocenters. The number of urea groups is 1. The Hall–Kier alpha value is -2.38. The van der Waals surface area contributed by atoms with Gasteiger partial charge in [-0.25, -0.2) is 9.48 Å². The number of benzene rings is 1. The van der Waals surface area contributed by atoms with E-state index in [0.717, 1.165) is 37.7 Å². The minimum atomic E-state index is -0.213. The van der Waals surface area contributed by atoms with Crippen molar-refractivity contribution in [3.8, 4) is 5.69 Å². The highest BCUT2D eigenvalue weighted by Crippen LogP contribution is 2.18. The van der Waals surface area contributed by atoms with Gasteiger partial charge >= 0.3 is 6.03 Å². The van der Waals surface area contributed by atoms with Crippen LogP contribution in [0, 0.1) is 0 Å². The van der Waals surface area contributed by atoms with Gasteiger partial charge in [-0.3, -0.25) is 4.90 Å². The highest BCUT2D eigenvalue weighted by molar-refractivity contribution is 5.91. The fourth-order valence-electron chi connectivity index (χ4n) is 2.74. The Morgan fingerprint density at radius 2 is 2.08 bits per heavy atom. The third kappa shape index (κ3) is 4.12. The van der Waals surface area contributed by atoms with E-state index in [0.29, 0.717) is 6.54 Å². The van der Waals surface area contributed by atoms with Crippen LogP contribution in [0.1, 0.15) is 6.92 Å². The average Bonchev–Trinajstić information content (AvgIpc) is 3.15. The second-order valence-corrected chi connectivity index (χ2v) is 5.80. The van der Waals surface area contributed by atoms with Crippen molar-refractivity contribution >= 4 is 11.7 Å². The van der Waals surface area contributed by atoms with Crippen LogP contribution in [-0.2, 0) is 4.74 Å². The molecule has 2 aromatic rings. The van der Waals surface area contributed by atoms with Gasteiger partial charge in [0, 0.05) is 38.1 Å². The van der Waals surface area contributed by atoms with Crippen molar-refractivity contribution in [3.05, 3.63) is 42.7 Å². The average molecular weight is 329 g/mol. The Labute approximate surface area is 141 Å². The SMILES string of the molecule is CC(CNC(=O)Nc1ccccc1-n1cccn1)N1CCOCC1. The summed E-state index contributed by atoms with van der Waals surface area (Å²) in [5.74, 6) is 0. The molecule has 1 saturated heterocycles. The van der Waals surface area contributed by atoms with Crippen LogP contribution in [0.4, 0.5) is 10.5 Å². The van der Waals surface area contributed by atoms with Crippen molar-refractivity contribution in [2.75, 3.05) is 38.2 Å². The van der Waals surface area contributed by atoms with Gasteiger partial charge in [0.05, 0.1) is 24.6 Å². The summed E-state index contributed by atoms with van der Waals surface area (Å²) in [5.41, 5.74) is 1.55. The number of nitrogens with one attached hydrogen (secondary N) is 2. The summed E-state index contributed by atoms with van der Waals surface area (Å²) in [6, 6.07) is 9.50. The van der Waals surface area contributed by atoms with Crippen molar-refractivity contribution in [1.82, 2.24) is 20.0 Å². The summed E-state index contributed by atoms with van der Waals surface area (Å²) in [6.07, 6.45) is 3.56. The number of hydrogen-bond donors (Lipinski definition) is 2. The number of amides is 2. The molecule has 1 aromatic carbocycles. The molecule has 0 radical (unpaired) electrons. The van der Waals surface area contributed by atoms with Gasteiger partial charge < -0.3 is 15.4 Å². The van der Waals surface area contributed by atoms with E-state index in [1.165, 1.54) is 0 Å². The number of hydrogen-bond acceptors (Lipinski definition) is 4. The minimum absolute atomic E-state index is 0.213. The molecule has 0 saturated carbocycles. The van der Waals surface area contributed by atoms with Crippen LogP contribution in [0.15, 0.2) is 42.7 Å². The zero-order chi connectivity index (χ0) is 16.8. The molecule has 7 heteroatoms. The number of carbonyl (C=O) groups excluding carboxylic acids is 1. The van der Waals surface area contributed by atoms with Crippen LogP contribution in [0.25, 0.3) is 5.69 Å². The molecule has 1 aliphatic rings. The maximum atomic E-state index is 12.2. The van der Waals surface area contributed by atoms with Gasteiger partial charge in [0.25, 0.3) is 0 Å². The summed E-state index contributed by atoms with van der Waals surface area (Å²) >= 11 is 0. The third-order valence-corrected chi connectivity index (χ3v) is 4.13. The molecular weight excluding hydrogens is 306 g/mol. The maximum Gasteiger partial charge on any atom is 0.319 e. The van der Waals surface area contributed by atoms with Crippen LogP contribution in [0.3, 0.4) is 0 Å². The first kappa shape index (κ1) is 16.5. The third-order valence-electron chi connectivity index (χ3n) is 4.13. The molecule has 1 fully saturated rings. The molecule has 3 rings (SSSR count). The fraction of sp³-hybridized carbons (Fsp3) is 0.412. The zero-order valence-electron chi connectivity index (χ0n) is 13.8. The molecule has 7 nitrogen and oxygen atoms in total. The Morgan fingerprint density at radius 3 is 2.83 bits per heavy atom. The molecule has 1 aromatic heterocycles. The number of anilines is 1. The number of morpholine rings is 1. The summed E-state index contributed by atoms with van der Waals surface area (Å²) in [7, 11) is 0. The van der Waals surface area contributed by atoms with Crippen molar-refractivity contribution in [2.45, 2.75) is 13.0 Å². The number of aromatic nitrogens is 2. The standard InChI is InChI=1S/C17H23N5O2/c1-14(21-9-11-24-12-10-21)13-18-17(23)20-15-5-2-3-6-16(15)22-8-4-7-19-22/h2-8,14H,9-13H2,1H3,(H2,18,20,23). The molecule has 24 heavy (non-hydrogen) atoms. The Kier molecular flexibility index (Phi) is 5.45. The van der Waals surface area contributed by atoms with Crippen LogP contribution in [0.5, 0.6) is 0 Å². The van der Waals surface area contributed by atoms with E-state index in [2.05, 4.69) is 27.6 Å². The molecule has 0 bridgehead atoms. The second kappa shape index (κ2) is 7.94. The van der Waals surface area contributed by atoms with Gasteiger partial charge in [-0.15, -0.1) is 0 Å². The van der Waals surface area contributed by atoms with E-state index in [-0.39, 0.29) is 12.1 Å². The first-order valence-electron chi connectivity index (χ1n) is 8.20. The number of nitrogens with zero attached hydrogens (tertiary/aromatic N) is 3. The van der Waals surface area contributed by atoms with E-state index in [1.807, 2.05) is 36.5 Å². The lowest BCUT2D eigenvalue weighted by Gasteiger charge is -2.32. The second-order valence-electron chi connectivity index (χ2n) is 5.80. The summed E-state index contributed by atoms with van der Waals surface area (Å²) < 4.78 is 7.08. The minimum Gasteiger partial charge on any atom is -0.379 e. The lowest BCUT2D eigenvalue weighted by molar-refractivity contribution is 0.0209. The lowest BCUT2D eigenvalue weighted by atomic mass is 10.2. The molecule has 0 aliphatic carbocycles. The predicted octanol–water partition coefficient (Wildman–Crippen LogP) is 1.71. The van der Waals surface area contributed by atoms with E-state index >= 15 is 0 Å². The number of para-hydroxylation sites is 2. The molecule has 0 spiro atoms. The Balaban J connectivity index is 1.55. The number of rotatable bonds is 5. The van der Waals surface area contributed by atoms with E-state index in [9.17, 15) is 4.79 Å². The maximum absolute atomic E-state index is 12.2. The quantitative estimate of drug-likeness (QED) is 0.876. The van der Waals surface area contributed by atoms with Gasteiger partial charge in [-0.1, -0.05) is 12.1 Å². The first-order chi connectivity index (χ1) is 11.7. The molecule has 1 aliphatic heterocycles. The van der Waals surface area contributed by atoms with Crippen molar-refractivity contribution < 1.29 is 9.53 Å². The van der Waals surface area contributed by atoms with E-state index in [4.69, 9.17) is 4.74 Å². The zero-order valence-corrected chi connectivity index (χ0v) is 13.8. The van der Waals surface area contributed by atoms with E-state index in [1.54, 1.807) is 10.9 Å². The monoisotopic (exact) mass is 329 g/mol. The molecule has 2 amide bonds. The van der Waals surface area contributed by atoms with E-state index < -0.39 is 0 Å². The molecule has 128 valence electrons. The van der Waals surface area contributed by atoms with Crippen LogP contribution >= 0.6 is 0 Å². The topological polar surface area (TPSA) is 71.4 Å². The smallest absolute Gasteiger partial charge is 0.319 e. The molecular formula is C17H23N5O2. The van der Waals surface area contributed by atoms with Gasteiger partial charge in [-0.2, -0.15) is 5.10 Å². The number of ether oxygens (including phenoxy) is 1. The van der Waals surface area contributed by atoms with Crippen molar-refractivity contribution in [3.63, 3.8) is 0 Å². The summed E-state index contributed by atoms with van der Waals surface area (Å²) in [5, 5.41) is 10.1. The van der Waals surface area contributed by atoms with Crippen LogP contribution in [0.2, 0.25) is 0 Å². The lowest BCUT2D eigenvalue weighted by Crippen LogP contribution is -2.47. The highest BCUT2D eigenvalue weighted by atomic mass is 16.5. The molecule has 1 unspecified atom stereocenters. The van der Waals surface area contributed by atoms with Crippen molar-refractivity contribution in [2.24, 2.45) is 0 Å². The van der Waals surface area contributed by atoms with Crippen LogP contribution < -0.4 is 10.6 Å². The normalized spacial score (nSPS) is 16.5. The molecule has 2 N–H and O–H groups in total. The predicted molar refractivity (Wildman–Crippen MR) is 92.4 cm³/mol. The summed E-state index contributed by atoms with van der Waals surface area (Å²) in [4.78, 5) is 14.5. The highest BCUT2D eigenvalue weighted by Gasteiger charge is 2.17. The largest absolute Gasteiger partial charge is 0.379 e. The van der Waals surface area contributed by atoms with Crippen LogP contribution in [-0.4, -0.2) is 59.6 Å². The van der Waals surface area contributed by atoms with Gasteiger partial charge in [0.1, 0.15) is 0 Å². The Bertz CT molecular complexity index is 653. The summed E-state index contributed by atoms with van der Waals surface area (Å²) in [6.45, 7) is 6.04. The van der Waals surface area contributed by atoms with Gasteiger partial charge in [0.15, 0.2) is 0 Å². The fourth-order valence-corrected chi connectivity index (χ4v) is 2.74. The number of carbonyl (C=O) groups is 1. The molecule has 2 heterocycles. The van der Waals surface area contributed by atoms with Crippen molar-refractivity contribution in [1.29, 1.82) is 0 Å². The van der Waals surface area contributed by atoms with Gasteiger partial charge in [0.2, 0.25) is 0 Å². The van der Waals surface area contributed by atoms with Gasteiger partial charge in [-0.05, 0) is 25.1 Å².